The van der Waals surface area contributed by atoms with Crippen LogP contribution in [-0.2, 0) is 0 Å². The summed E-state index contributed by atoms with van der Waals surface area (Å²) >= 11 is 15.5. The van der Waals surface area contributed by atoms with Gasteiger partial charge in [0.25, 0.3) is 0 Å². The molecule has 0 fully saturated rings. The highest BCUT2D eigenvalue weighted by molar-refractivity contribution is 9.10. The fourth-order valence-corrected chi connectivity index (χ4v) is 2.65. The first-order valence-electron chi connectivity index (χ1n) is 5.23. The highest BCUT2D eigenvalue weighted by Gasteiger charge is 2.08. The third-order valence-corrected chi connectivity index (χ3v) is 3.64. The molecule has 0 atom stereocenters. The molecule has 18 heavy (non-hydrogen) atoms. The van der Waals surface area contributed by atoms with Crippen LogP contribution in [0.5, 0.6) is 0 Å². The number of rotatable bonds is 1. The minimum atomic E-state index is 0.602. The second-order valence-electron chi connectivity index (χ2n) is 3.86. The van der Waals surface area contributed by atoms with Crippen molar-refractivity contribution < 1.29 is 0 Å². The van der Waals surface area contributed by atoms with Crippen LogP contribution in [0.25, 0.3) is 16.9 Å². The number of pyridine rings is 1. The first-order chi connectivity index (χ1) is 8.63. The number of hydrogen-bond acceptors (Lipinski definition) is 1. The van der Waals surface area contributed by atoms with E-state index in [1.165, 1.54) is 0 Å². The fraction of sp³-hybridized carbons (Fsp3) is 0. The summed E-state index contributed by atoms with van der Waals surface area (Å²) in [5.41, 5.74) is 2.58. The third kappa shape index (κ3) is 2.14. The van der Waals surface area contributed by atoms with Crippen LogP contribution in [0.4, 0.5) is 0 Å². The topological polar surface area (TPSA) is 17.3 Å². The lowest BCUT2D eigenvalue weighted by molar-refractivity contribution is 1.17. The van der Waals surface area contributed by atoms with Gasteiger partial charge >= 0.3 is 0 Å². The van der Waals surface area contributed by atoms with Gasteiger partial charge in [-0.2, -0.15) is 0 Å². The third-order valence-electron chi connectivity index (χ3n) is 2.62. The Bertz CT molecular complexity index is 737. The zero-order valence-electron chi connectivity index (χ0n) is 9.07. The molecule has 0 aliphatic heterocycles. The van der Waals surface area contributed by atoms with Crippen molar-refractivity contribution in [3.05, 3.63) is 57.2 Å². The maximum Gasteiger partial charge on any atom is 0.137 e. The van der Waals surface area contributed by atoms with Crippen LogP contribution >= 0.6 is 39.1 Å². The summed E-state index contributed by atoms with van der Waals surface area (Å²) in [7, 11) is 0. The summed E-state index contributed by atoms with van der Waals surface area (Å²) in [5, 5.41) is 1.22. The Morgan fingerprint density at radius 1 is 1.06 bits per heavy atom. The number of benzene rings is 1. The van der Waals surface area contributed by atoms with E-state index in [0.717, 1.165) is 21.4 Å². The van der Waals surface area contributed by atoms with Crippen LogP contribution in [0.15, 0.2) is 47.2 Å². The maximum atomic E-state index is 6.18. The maximum absolute atomic E-state index is 6.18. The summed E-state index contributed by atoms with van der Waals surface area (Å²) < 4.78 is 2.95. The molecule has 0 radical (unpaired) electrons. The van der Waals surface area contributed by atoms with Crippen molar-refractivity contribution in [3.8, 4) is 11.3 Å². The number of imidazole rings is 1. The van der Waals surface area contributed by atoms with Gasteiger partial charge in [-0.05, 0) is 46.3 Å². The zero-order valence-corrected chi connectivity index (χ0v) is 12.2. The van der Waals surface area contributed by atoms with Crippen LogP contribution in [0.1, 0.15) is 0 Å². The van der Waals surface area contributed by atoms with Crippen molar-refractivity contribution >= 4 is 44.8 Å². The van der Waals surface area contributed by atoms with Gasteiger partial charge in [0.15, 0.2) is 0 Å². The first kappa shape index (κ1) is 12.0. The SMILES string of the molecule is Clc1ccc(-c2cn3cc(Br)ccc3n2)c(Cl)c1. The van der Waals surface area contributed by atoms with Gasteiger partial charge in [0.1, 0.15) is 5.65 Å². The molecular weight excluding hydrogens is 335 g/mol. The average molecular weight is 342 g/mol. The van der Waals surface area contributed by atoms with Crippen molar-refractivity contribution in [1.82, 2.24) is 9.38 Å². The molecule has 0 unspecified atom stereocenters. The van der Waals surface area contributed by atoms with Crippen LogP contribution in [0.3, 0.4) is 0 Å². The van der Waals surface area contributed by atoms with Crippen molar-refractivity contribution in [2.24, 2.45) is 0 Å². The smallest absolute Gasteiger partial charge is 0.137 e. The van der Waals surface area contributed by atoms with E-state index in [-0.39, 0.29) is 0 Å². The molecule has 0 spiro atoms. The summed E-state index contributed by atoms with van der Waals surface area (Å²) in [6.45, 7) is 0. The highest BCUT2D eigenvalue weighted by atomic mass is 79.9. The summed E-state index contributed by atoms with van der Waals surface area (Å²) in [6.07, 6.45) is 3.89. The van der Waals surface area contributed by atoms with Gasteiger partial charge in [0, 0.05) is 27.5 Å². The number of aromatic nitrogens is 2. The molecule has 3 rings (SSSR count). The number of fused-ring (bicyclic) bond motifs is 1. The van der Waals surface area contributed by atoms with Crippen LogP contribution in [0.2, 0.25) is 10.0 Å². The van der Waals surface area contributed by atoms with Gasteiger partial charge in [0.2, 0.25) is 0 Å². The number of nitrogens with zero attached hydrogens (tertiary/aromatic N) is 2. The molecule has 0 amide bonds. The molecule has 0 bridgehead atoms. The van der Waals surface area contributed by atoms with Crippen molar-refractivity contribution in [2.45, 2.75) is 0 Å². The molecule has 0 saturated heterocycles. The van der Waals surface area contributed by atoms with Crippen LogP contribution in [-0.4, -0.2) is 9.38 Å². The van der Waals surface area contributed by atoms with Crippen molar-refractivity contribution in [1.29, 1.82) is 0 Å². The molecule has 2 aromatic heterocycles. The molecule has 1 aromatic carbocycles. The Hall–Kier alpha value is -1.03. The molecular formula is C13H7BrCl2N2. The van der Waals surface area contributed by atoms with Gasteiger partial charge in [-0.1, -0.05) is 23.2 Å². The Kier molecular flexibility index (Phi) is 3.06. The minimum Gasteiger partial charge on any atom is -0.305 e. The Morgan fingerprint density at radius 2 is 1.89 bits per heavy atom. The van der Waals surface area contributed by atoms with E-state index in [4.69, 9.17) is 23.2 Å². The first-order valence-corrected chi connectivity index (χ1v) is 6.78. The van der Waals surface area contributed by atoms with E-state index in [2.05, 4.69) is 20.9 Å². The lowest BCUT2D eigenvalue weighted by Crippen LogP contribution is -1.80. The van der Waals surface area contributed by atoms with E-state index in [1.807, 2.05) is 41.1 Å². The summed E-state index contributed by atoms with van der Waals surface area (Å²) in [5.74, 6) is 0. The predicted octanol–water partition coefficient (Wildman–Crippen LogP) is 5.07. The zero-order chi connectivity index (χ0) is 12.7. The highest BCUT2D eigenvalue weighted by Crippen LogP contribution is 2.30. The van der Waals surface area contributed by atoms with Crippen molar-refractivity contribution in [3.63, 3.8) is 0 Å². The van der Waals surface area contributed by atoms with E-state index < -0.39 is 0 Å². The largest absolute Gasteiger partial charge is 0.305 e. The second kappa shape index (κ2) is 4.57. The van der Waals surface area contributed by atoms with Gasteiger partial charge in [-0.25, -0.2) is 4.98 Å². The molecule has 0 N–H and O–H groups in total. The lowest BCUT2D eigenvalue weighted by Gasteiger charge is -2.00. The predicted molar refractivity (Wildman–Crippen MR) is 78.3 cm³/mol. The van der Waals surface area contributed by atoms with Crippen LogP contribution in [0, 0.1) is 0 Å². The normalized spacial score (nSPS) is 11.1. The van der Waals surface area contributed by atoms with E-state index in [1.54, 1.807) is 6.07 Å². The molecule has 3 aromatic rings. The Labute approximate surface area is 122 Å². The number of halogens is 3. The van der Waals surface area contributed by atoms with Crippen LogP contribution < -0.4 is 0 Å². The van der Waals surface area contributed by atoms with Gasteiger partial charge < -0.3 is 4.40 Å². The Morgan fingerprint density at radius 3 is 2.67 bits per heavy atom. The standard InChI is InChI=1S/C13H7BrCl2N2/c14-8-1-4-13-17-12(7-18(13)6-8)10-3-2-9(15)5-11(10)16/h1-7H. The average Bonchev–Trinajstić information content (AvgIpc) is 2.71. The van der Waals surface area contributed by atoms with Gasteiger partial charge in [-0.3, -0.25) is 0 Å². The Balaban J connectivity index is 2.19. The van der Waals surface area contributed by atoms with Crippen molar-refractivity contribution in [2.75, 3.05) is 0 Å². The molecule has 5 heteroatoms. The molecule has 2 heterocycles. The summed E-state index contributed by atoms with van der Waals surface area (Å²) in [4.78, 5) is 4.53. The van der Waals surface area contributed by atoms with E-state index in [0.29, 0.717) is 10.0 Å². The van der Waals surface area contributed by atoms with Gasteiger partial charge in [0.05, 0.1) is 10.7 Å². The molecule has 90 valence electrons. The monoisotopic (exact) mass is 340 g/mol. The second-order valence-corrected chi connectivity index (χ2v) is 5.62. The molecule has 2 nitrogen and oxygen atoms in total. The number of hydrogen-bond donors (Lipinski definition) is 0. The molecule has 0 aliphatic carbocycles. The molecule has 0 aliphatic rings. The summed E-state index contributed by atoms with van der Waals surface area (Å²) in [6, 6.07) is 9.30. The van der Waals surface area contributed by atoms with Gasteiger partial charge in [-0.15, -0.1) is 0 Å². The quantitative estimate of drug-likeness (QED) is 0.604. The molecule has 0 saturated carbocycles. The minimum absolute atomic E-state index is 0.602. The van der Waals surface area contributed by atoms with E-state index in [9.17, 15) is 0 Å². The van der Waals surface area contributed by atoms with E-state index >= 15 is 0 Å². The fourth-order valence-electron chi connectivity index (χ4n) is 1.79. The lowest BCUT2D eigenvalue weighted by atomic mass is 10.2.